The summed E-state index contributed by atoms with van der Waals surface area (Å²) in [5.41, 5.74) is 0. The van der Waals surface area contributed by atoms with Gasteiger partial charge in [0.15, 0.2) is 0 Å². The summed E-state index contributed by atoms with van der Waals surface area (Å²) >= 11 is 0. The van der Waals surface area contributed by atoms with Crippen LogP contribution in [0.1, 0.15) is 20.3 Å². The van der Waals surface area contributed by atoms with Crippen molar-refractivity contribution >= 4 is 27.8 Å². The first-order chi connectivity index (χ1) is 4.85. The Labute approximate surface area is 70.8 Å². The van der Waals surface area contributed by atoms with Gasteiger partial charge >= 0.3 is 0 Å². The summed E-state index contributed by atoms with van der Waals surface area (Å²) < 4.78 is 0. The molecule has 0 spiro atoms. The molecular weight excluding hydrogens is 162 g/mol. The van der Waals surface area contributed by atoms with Crippen LogP contribution >= 0.6 is 21.6 Å². The summed E-state index contributed by atoms with van der Waals surface area (Å²) in [6, 6.07) is 0. The Morgan fingerprint density at radius 3 is 2.70 bits per heavy atom. The van der Waals surface area contributed by atoms with Gasteiger partial charge in [-0.3, -0.25) is 4.99 Å². The summed E-state index contributed by atoms with van der Waals surface area (Å²) in [6.07, 6.45) is 7.06. The molecule has 1 nitrogen and oxygen atoms in total. The molecule has 58 valence electrons. The van der Waals surface area contributed by atoms with Crippen molar-refractivity contribution in [2.75, 3.05) is 6.26 Å². The van der Waals surface area contributed by atoms with Gasteiger partial charge in [-0.25, -0.2) is 0 Å². The lowest BCUT2D eigenvalue weighted by molar-refractivity contribution is 1.21. The minimum absolute atomic E-state index is 1.06. The van der Waals surface area contributed by atoms with Crippen molar-refractivity contribution in [3.05, 3.63) is 11.1 Å². The van der Waals surface area contributed by atoms with Gasteiger partial charge in [-0.15, -0.1) is 0 Å². The Morgan fingerprint density at radius 1 is 1.60 bits per heavy atom. The van der Waals surface area contributed by atoms with Crippen LogP contribution in [0.25, 0.3) is 0 Å². The molecule has 0 aromatic heterocycles. The Kier molecular flexibility index (Phi) is 7.30. The molecular formula is C7H13NS2. The predicted molar refractivity (Wildman–Crippen MR) is 53.6 cm³/mol. The van der Waals surface area contributed by atoms with Gasteiger partial charge in [0.25, 0.3) is 0 Å². The van der Waals surface area contributed by atoms with Gasteiger partial charge in [0, 0.05) is 6.21 Å². The lowest BCUT2D eigenvalue weighted by Crippen LogP contribution is -1.68. The number of hydrogen-bond donors (Lipinski definition) is 0. The van der Waals surface area contributed by atoms with E-state index < -0.39 is 0 Å². The molecule has 0 heterocycles. The second-order valence-corrected chi connectivity index (χ2v) is 4.01. The molecule has 0 saturated heterocycles. The zero-order valence-corrected chi connectivity index (χ0v) is 8.26. The molecule has 0 aromatic rings. The van der Waals surface area contributed by atoms with E-state index in [-0.39, 0.29) is 0 Å². The Balaban J connectivity index is 3.84. The number of rotatable bonds is 4. The lowest BCUT2D eigenvalue weighted by Gasteiger charge is -1.94. The lowest BCUT2D eigenvalue weighted by atomic mass is 10.5. The first-order valence-electron chi connectivity index (χ1n) is 3.24. The van der Waals surface area contributed by atoms with E-state index in [0.29, 0.717) is 0 Å². The number of aliphatic imine (C=N–C) groups is 1. The van der Waals surface area contributed by atoms with Crippen LogP contribution in [0, 0.1) is 0 Å². The molecule has 0 aromatic carbocycles. The van der Waals surface area contributed by atoms with Crippen LogP contribution < -0.4 is 0 Å². The third-order valence-electron chi connectivity index (χ3n) is 0.804. The van der Waals surface area contributed by atoms with Crippen LogP contribution in [-0.2, 0) is 0 Å². The average Bonchev–Trinajstić information content (AvgIpc) is 1.90. The molecule has 0 atom stereocenters. The van der Waals surface area contributed by atoms with Gasteiger partial charge in [-0.2, -0.15) is 0 Å². The van der Waals surface area contributed by atoms with E-state index in [4.69, 9.17) is 0 Å². The zero-order valence-electron chi connectivity index (χ0n) is 6.63. The maximum absolute atomic E-state index is 4.18. The average molecular weight is 175 g/mol. The molecule has 0 aliphatic rings. The second kappa shape index (κ2) is 7.22. The van der Waals surface area contributed by atoms with E-state index in [1.807, 2.05) is 13.1 Å². The van der Waals surface area contributed by atoms with E-state index >= 15 is 0 Å². The fraction of sp³-hybridized carbons (Fsp3) is 0.571. The largest absolute Gasteiger partial charge is 0.254 e. The SMILES string of the molecule is CC=N/C(=C\CC)SSC. The third-order valence-corrected chi connectivity index (χ3v) is 2.43. The topological polar surface area (TPSA) is 12.4 Å². The zero-order chi connectivity index (χ0) is 7.82. The molecule has 0 radical (unpaired) electrons. The monoisotopic (exact) mass is 175 g/mol. The number of allylic oxidation sites excluding steroid dienone is 1. The molecule has 0 unspecified atom stereocenters. The third kappa shape index (κ3) is 4.94. The van der Waals surface area contributed by atoms with Gasteiger partial charge in [-0.05, 0) is 30.4 Å². The summed E-state index contributed by atoms with van der Waals surface area (Å²) in [4.78, 5) is 4.18. The molecule has 3 heteroatoms. The minimum atomic E-state index is 1.06. The van der Waals surface area contributed by atoms with Gasteiger partial charge < -0.3 is 0 Å². The highest BCUT2D eigenvalue weighted by Crippen LogP contribution is 2.28. The van der Waals surface area contributed by atoms with Crippen LogP contribution in [0.15, 0.2) is 16.1 Å². The maximum atomic E-state index is 4.18. The molecule has 0 fully saturated rings. The van der Waals surface area contributed by atoms with Crippen LogP contribution in [0.4, 0.5) is 0 Å². The van der Waals surface area contributed by atoms with Crippen molar-refractivity contribution in [3.8, 4) is 0 Å². The second-order valence-electron chi connectivity index (χ2n) is 1.59. The standard InChI is InChI=1S/C7H13NS2/c1-4-6-7(8-5-2)10-9-3/h5-6H,4H2,1-3H3/b7-6+,8-5?. The van der Waals surface area contributed by atoms with E-state index in [9.17, 15) is 0 Å². The van der Waals surface area contributed by atoms with Crippen LogP contribution in [-0.4, -0.2) is 12.5 Å². The number of nitrogens with zero attached hydrogens (tertiary/aromatic N) is 1. The fourth-order valence-electron chi connectivity index (χ4n) is 0.495. The summed E-state index contributed by atoms with van der Waals surface area (Å²) in [5.74, 6) is 0. The van der Waals surface area contributed by atoms with E-state index in [2.05, 4.69) is 24.2 Å². The van der Waals surface area contributed by atoms with Gasteiger partial charge in [0.2, 0.25) is 0 Å². The van der Waals surface area contributed by atoms with Gasteiger partial charge in [-0.1, -0.05) is 23.8 Å². The van der Waals surface area contributed by atoms with Crippen molar-refractivity contribution in [1.82, 2.24) is 0 Å². The molecule has 0 rings (SSSR count). The molecule has 0 saturated carbocycles. The van der Waals surface area contributed by atoms with Crippen molar-refractivity contribution in [1.29, 1.82) is 0 Å². The molecule has 0 bridgehead atoms. The smallest absolute Gasteiger partial charge is 0.102 e. The first-order valence-corrected chi connectivity index (χ1v) is 5.80. The Morgan fingerprint density at radius 2 is 2.30 bits per heavy atom. The summed E-state index contributed by atoms with van der Waals surface area (Å²) in [5, 5.41) is 1.11. The number of hydrogen-bond acceptors (Lipinski definition) is 3. The highest BCUT2D eigenvalue weighted by atomic mass is 33.1. The fourth-order valence-corrected chi connectivity index (χ4v) is 1.89. The van der Waals surface area contributed by atoms with Crippen molar-refractivity contribution in [2.24, 2.45) is 4.99 Å². The summed E-state index contributed by atoms with van der Waals surface area (Å²) in [6.45, 7) is 4.05. The molecule has 10 heavy (non-hydrogen) atoms. The van der Waals surface area contributed by atoms with Gasteiger partial charge in [0.1, 0.15) is 5.03 Å². The highest BCUT2D eigenvalue weighted by molar-refractivity contribution is 8.77. The predicted octanol–water partition coefficient (Wildman–Crippen LogP) is 3.34. The molecule has 0 amide bonds. The summed E-state index contributed by atoms with van der Waals surface area (Å²) in [7, 11) is 3.43. The van der Waals surface area contributed by atoms with Crippen molar-refractivity contribution in [2.45, 2.75) is 20.3 Å². The quantitative estimate of drug-likeness (QED) is 0.480. The van der Waals surface area contributed by atoms with E-state index in [1.165, 1.54) is 0 Å². The molecule has 0 N–H and O–H groups in total. The van der Waals surface area contributed by atoms with Crippen LogP contribution in [0.5, 0.6) is 0 Å². The maximum Gasteiger partial charge on any atom is 0.102 e. The Bertz CT molecular complexity index is 130. The van der Waals surface area contributed by atoms with Crippen molar-refractivity contribution in [3.63, 3.8) is 0 Å². The highest BCUT2D eigenvalue weighted by Gasteiger charge is 1.89. The van der Waals surface area contributed by atoms with Crippen molar-refractivity contribution < 1.29 is 0 Å². The Hall–Kier alpha value is 0.110. The van der Waals surface area contributed by atoms with E-state index in [1.54, 1.807) is 21.6 Å². The normalized spacial score (nSPS) is 12.9. The minimum Gasteiger partial charge on any atom is -0.254 e. The van der Waals surface area contributed by atoms with Gasteiger partial charge in [0.05, 0.1) is 0 Å². The van der Waals surface area contributed by atoms with Crippen LogP contribution in [0.2, 0.25) is 0 Å². The first kappa shape index (κ1) is 10.1. The molecule has 0 aliphatic carbocycles. The van der Waals surface area contributed by atoms with E-state index in [0.717, 1.165) is 11.4 Å². The molecule has 0 aliphatic heterocycles. The van der Waals surface area contributed by atoms with Crippen LogP contribution in [0.3, 0.4) is 0 Å².